The van der Waals surface area contributed by atoms with Crippen LogP contribution >= 0.6 is 0 Å². The van der Waals surface area contributed by atoms with Crippen LogP contribution in [-0.2, 0) is 12.6 Å². The van der Waals surface area contributed by atoms with Gasteiger partial charge >= 0.3 is 77.3 Å². The highest BCUT2D eigenvalue weighted by molar-refractivity contribution is 7.87. The van der Waals surface area contributed by atoms with Crippen molar-refractivity contribution >= 4 is 10.1 Å². The largest absolute Gasteiger partial charge is 0.460 e. The van der Waals surface area contributed by atoms with Gasteiger partial charge < -0.3 is 0 Å². The van der Waals surface area contributed by atoms with Gasteiger partial charge in [0.05, 0.1) is 0 Å². The first-order chi connectivity index (χ1) is 19.3. The zero-order chi connectivity index (χ0) is 34.8. The predicted octanol–water partition coefficient (Wildman–Crippen LogP) is 5.20. The summed E-state index contributed by atoms with van der Waals surface area (Å²) in [5.74, 6) is -52.0. The van der Waals surface area contributed by atoms with E-state index in [0.29, 0.717) is 11.1 Å². The number of halogens is 18. The summed E-state index contributed by atoms with van der Waals surface area (Å²) < 4.78 is 259. The lowest BCUT2D eigenvalue weighted by Crippen LogP contribution is -3.85. The average Bonchev–Trinajstić information content (AvgIpc) is 2.87. The van der Waals surface area contributed by atoms with E-state index in [1.807, 2.05) is 0 Å². The molecule has 22 heteroatoms. The van der Waals surface area contributed by atoms with Gasteiger partial charge in [0.1, 0.15) is 0 Å². The van der Waals surface area contributed by atoms with Crippen molar-refractivity contribution < 1.29 is 106 Å². The zero-order valence-corrected chi connectivity index (χ0v) is 24.0. The van der Waals surface area contributed by atoms with Crippen molar-refractivity contribution in [1.29, 1.82) is 0 Å². The van der Waals surface area contributed by atoms with E-state index in [1.165, 1.54) is 38.1 Å². The summed E-state index contributed by atoms with van der Waals surface area (Å²) in [6, 6.07) is 8.79. The molecule has 0 aliphatic heterocycles. The number of rotatable bonds is 11. The molecule has 44 heavy (non-hydrogen) atoms. The first-order valence-corrected chi connectivity index (χ1v) is 15.3. The van der Waals surface area contributed by atoms with Gasteiger partial charge in [-0.1, -0.05) is 35.4 Å². The molecule has 3 nitrogen and oxygen atoms in total. The zero-order valence-electron chi connectivity index (χ0n) is 21.1. The standard InChI is InChI=1S/C22H14F17IO3S/c1-11-3-7-13(8-4-11)40(14-9-5-12(2)6-10-14)43-44(41,42)22(38,39)20(33,34)18(29,30)16(25,26)15(23,24)17(27,28)19(31,32)21(35,36)37/h3-10H,1-2H3/q+1. The minimum atomic E-state index is -8.91. The van der Waals surface area contributed by atoms with Gasteiger partial charge in [0.2, 0.25) is 0 Å². The maximum absolute atomic E-state index is 14.6. The minimum absolute atomic E-state index is 0.344. The van der Waals surface area contributed by atoms with Gasteiger partial charge in [0.15, 0.2) is 7.14 Å². The number of hydrogen-bond donors (Lipinski definition) is 0. The number of aryl methyl sites for hydroxylation is 2. The Kier molecular flexibility index (Phi) is 9.78. The van der Waals surface area contributed by atoms with E-state index in [9.17, 15) is 83.1 Å². The molecule has 2 rings (SSSR count). The molecule has 0 unspecified atom stereocenters. The molecular weight excluding hydrogens is 794 g/mol. The SMILES string of the molecule is Cc1ccc([I+](OS(=O)(=O)C(F)(F)C(F)(F)C(F)(F)C(F)(F)C(F)(F)C(F)(F)C(F)(F)C(F)(F)F)c2ccc(C)cc2)cc1. The first kappa shape index (κ1) is 38.1. The van der Waals surface area contributed by atoms with Gasteiger partial charge in [0.25, 0.3) is 0 Å². The van der Waals surface area contributed by atoms with E-state index >= 15 is 0 Å². The smallest absolute Gasteiger partial charge is 0.192 e. The second-order valence-corrected chi connectivity index (χ2v) is 15.4. The van der Waals surface area contributed by atoms with E-state index in [-0.39, 0.29) is 7.14 Å². The van der Waals surface area contributed by atoms with Gasteiger partial charge in [-0.3, -0.25) is 0 Å². The molecule has 0 N–H and O–H groups in total. The number of alkyl halides is 17. The normalized spacial score (nSPS) is 15.2. The molecule has 1 radical (unpaired) electrons. The monoisotopic (exact) mass is 808 g/mol. The quantitative estimate of drug-likeness (QED) is 0.232. The van der Waals surface area contributed by atoms with Gasteiger partial charge in [-0.25, -0.2) is 0 Å². The van der Waals surface area contributed by atoms with Crippen LogP contribution in [0.5, 0.6) is 0 Å². The van der Waals surface area contributed by atoms with Crippen molar-refractivity contribution in [3.8, 4) is 0 Å². The van der Waals surface area contributed by atoms with E-state index in [1.54, 1.807) is 0 Å². The van der Waals surface area contributed by atoms with Crippen molar-refractivity contribution in [2.24, 2.45) is 0 Å². The van der Waals surface area contributed by atoms with Crippen LogP contribution in [0.25, 0.3) is 0 Å². The second-order valence-electron chi connectivity index (χ2n) is 8.82. The lowest BCUT2D eigenvalue weighted by molar-refractivity contribution is -1.03. The Labute approximate surface area is 243 Å². The molecule has 0 aromatic heterocycles. The number of hydrogen-bond acceptors (Lipinski definition) is 3. The Morgan fingerprint density at radius 3 is 1.05 bits per heavy atom. The molecule has 0 bridgehead atoms. The van der Waals surface area contributed by atoms with Crippen LogP contribution in [0.1, 0.15) is 11.1 Å². The van der Waals surface area contributed by atoms with E-state index < -0.39 is 77.3 Å². The molecule has 0 amide bonds. The minimum Gasteiger partial charge on any atom is -0.192 e. The molecular formula is C22H14F17IO3S+. The summed E-state index contributed by atoms with van der Waals surface area (Å²) in [7, 11) is -7.70. The summed E-state index contributed by atoms with van der Waals surface area (Å²) in [6.07, 6.45) is -7.90. The van der Waals surface area contributed by atoms with Gasteiger partial charge in [0, 0.05) is 0 Å². The second kappa shape index (κ2) is 11.3. The molecule has 0 saturated carbocycles. The van der Waals surface area contributed by atoms with Gasteiger partial charge in [-0.15, -0.1) is 0 Å². The fraction of sp³-hybridized carbons (Fsp3) is 0.455. The van der Waals surface area contributed by atoms with Crippen molar-refractivity contribution in [3.63, 3.8) is 0 Å². The van der Waals surface area contributed by atoms with Gasteiger partial charge in [-0.2, -0.15) is 83.1 Å². The Hall–Kier alpha value is -2.11. The number of benzene rings is 2. The van der Waals surface area contributed by atoms with Crippen LogP contribution in [0.2, 0.25) is 0 Å². The molecule has 2 aromatic carbocycles. The van der Waals surface area contributed by atoms with Crippen LogP contribution in [0, 0.1) is 21.0 Å². The van der Waals surface area contributed by atoms with E-state index in [2.05, 4.69) is 2.51 Å². The van der Waals surface area contributed by atoms with Crippen LogP contribution < -0.4 is 20.2 Å². The highest BCUT2D eigenvalue weighted by Gasteiger charge is 2.96. The highest BCUT2D eigenvalue weighted by Crippen LogP contribution is 2.64. The molecule has 0 fully saturated rings. The summed E-state index contributed by atoms with van der Waals surface area (Å²) >= 11 is -4.55. The Bertz CT molecular complexity index is 1390. The maximum Gasteiger partial charge on any atom is 0.460 e. The molecule has 0 aliphatic rings. The third-order valence-corrected chi connectivity index (χ3v) is 12.9. The third kappa shape index (κ3) is 5.70. The van der Waals surface area contributed by atoms with Crippen molar-refractivity contribution in [1.82, 2.24) is 0 Å². The fourth-order valence-electron chi connectivity index (χ4n) is 2.92. The lowest BCUT2D eigenvalue weighted by Gasteiger charge is -2.42. The van der Waals surface area contributed by atoms with Crippen molar-refractivity contribution in [3.05, 3.63) is 66.8 Å². The summed E-state index contributed by atoms with van der Waals surface area (Å²) in [5, 5.41) is -7.74. The van der Waals surface area contributed by atoms with Crippen molar-refractivity contribution in [2.45, 2.75) is 60.8 Å². The van der Waals surface area contributed by atoms with Gasteiger partial charge in [-0.05, 0) is 40.6 Å². The van der Waals surface area contributed by atoms with Crippen LogP contribution in [0.15, 0.2) is 48.5 Å². The molecule has 251 valence electrons. The predicted molar refractivity (Wildman–Crippen MR) is 110 cm³/mol. The molecule has 0 spiro atoms. The average molecular weight is 808 g/mol. The van der Waals surface area contributed by atoms with Crippen LogP contribution in [0.3, 0.4) is 0 Å². The summed E-state index contributed by atoms with van der Waals surface area (Å²) in [4.78, 5) is 0. The molecule has 0 atom stereocenters. The van der Waals surface area contributed by atoms with Crippen LogP contribution in [-0.4, -0.2) is 55.4 Å². The molecule has 2 aromatic rings. The fourth-order valence-corrected chi connectivity index (χ4v) is 9.84. The molecule has 0 saturated heterocycles. The van der Waals surface area contributed by atoms with E-state index in [0.717, 1.165) is 24.3 Å². The molecule has 0 aliphatic carbocycles. The third-order valence-electron chi connectivity index (χ3n) is 5.57. The van der Waals surface area contributed by atoms with E-state index in [4.69, 9.17) is 0 Å². The summed E-state index contributed by atoms with van der Waals surface area (Å²) in [6.45, 7) is 2.90. The van der Waals surface area contributed by atoms with Crippen LogP contribution in [0.4, 0.5) is 74.6 Å². The lowest BCUT2D eigenvalue weighted by atomic mass is 9.91. The Morgan fingerprint density at radius 2 is 0.750 bits per heavy atom. The first-order valence-electron chi connectivity index (χ1n) is 10.8. The van der Waals surface area contributed by atoms with Crippen molar-refractivity contribution in [2.75, 3.05) is 0 Å². The Morgan fingerprint density at radius 1 is 0.477 bits per heavy atom. The maximum atomic E-state index is 14.6. The summed E-state index contributed by atoms with van der Waals surface area (Å²) in [5.41, 5.74) is 0.868. The Balaban J connectivity index is 2.69. The highest BCUT2D eigenvalue weighted by atomic mass is 127. The molecule has 0 heterocycles. The topological polar surface area (TPSA) is 43.4 Å².